The molecule has 1 atom stereocenters. The zero-order valence-corrected chi connectivity index (χ0v) is 22.0. The summed E-state index contributed by atoms with van der Waals surface area (Å²) in [5.74, 6) is 0.500. The minimum Gasteiger partial charge on any atom is -0.402 e. The summed E-state index contributed by atoms with van der Waals surface area (Å²) >= 11 is 1.71. The standard InChI is InChI=1S/C28H27N7O3S/c36-24-23(30-21(17-7-2-1-3-8-17)19-11-4-5-12-20(19)29-24)32-28-34-33-25(38-28)22-27(35-13-15-37-16-14-35)39-26(31-22)18-9-6-10-18/h1-5,7-8,11-12,18,23H,6,9-10,13-16H2,(H,29,36)(H,32,34)/t23-/m1/s1. The number of aliphatic imine (C=N–C) groups is 1. The van der Waals surface area contributed by atoms with Gasteiger partial charge in [-0.15, -0.1) is 16.4 Å². The number of ether oxygens (including phenoxy) is 1. The van der Waals surface area contributed by atoms with Gasteiger partial charge in [-0.1, -0.05) is 60.1 Å². The summed E-state index contributed by atoms with van der Waals surface area (Å²) in [5.41, 5.74) is 3.83. The SMILES string of the molecule is O=C1Nc2ccccc2C(c2ccccc2)=N[C@@H]1Nc1nnc(-c2nc(C3CCC3)sc2N2CCOCC2)o1. The number of anilines is 3. The van der Waals surface area contributed by atoms with E-state index in [1.807, 2.05) is 54.6 Å². The lowest BCUT2D eigenvalue weighted by atomic mass is 9.86. The van der Waals surface area contributed by atoms with Crippen molar-refractivity contribution < 1.29 is 13.9 Å². The summed E-state index contributed by atoms with van der Waals surface area (Å²) in [6, 6.07) is 17.5. The number of thiazole rings is 1. The predicted octanol–water partition coefficient (Wildman–Crippen LogP) is 4.52. The molecule has 4 heterocycles. The van der Waals surface area contributed by atoms with Gasteiger partial charge in [-0.3, -0.25) is 4.79 Å². The number of fused-ring (bicyclic) bond motifs is 1. The molecule has 1 aliphatic carbocycles. The molecule has 2 fully saturated rings. The van der Waals surface area contributed by atoms with Crippen molar-refractivity contribution in [1.82, 2.24) is 15.2 Å². The van der Waals surface area contributed by atoms with E-state index >= 15 is 0 Å². The Morgan fingerprint density at radius 2 is 1.79 bits per heavy atom. The van der Waals surface area contributed by atoms with Crippen LogP contribution in [0.2, 0.25) is 0 Å². The molecule has 198 valence electrons. The van der Waals surface area contributed by atoms with Gasteiger partial charge in [-0.05, 0) is 18.9 Å². The van der Waals surface area contributed by atoms with Crippen LogP contribution < -0.4 is 15.5 Å². The number of morpholine rings is 1. The van der Waals surface area contributed by atoms with Gasteiger partial charge in [0, 0.05) is 30.1 Å². The number of hydrogen-bond acceptors (Lipinski definition) is 10. The number of benzene rings is 2. The number of hydrogen-bond donors (Lipinski definition) is 2. The van der Waals surface area contributed by atoms with E-state index in [-0.39, 0.29) is 11.9 Å². The number of aromatic nitrogens is 3. The molecule has 39 heavy (non-hydrogen) atoms. The lowest BCUT2D eigenvalue weighted by Gasteiger charge is -2.27. The van der Waals surface area contributed by atoms with Gasteiger partial charge in [0.2, 0.25) is 6.17 Å². The number of amides is 1. The Morgan fingerprint density at radius 1 is 1.00 bits per heavy atom. The topological polar surface area (TPSA) is 118 Å². The second-order valence-electron chi connectivity index (χ2n) is 9.77. The third kappa shape index (κ3) is 4.68. The Labute approximate surface area is 229 Å². The summed E-state index contributed by atoms with van der Waals surface area (Å²) in [5, 5.41) is 16.7. The average molecular weight is 542 g/mol. The molecule has 1 saturated carbocycles. The molecule has 10 nitrogen and oxygen atoms in total. The van der Waals surface area contributed by atoms with Crippen molar-refractivity contribution in [3.63, 3.8) is 0 Å². The van der Waals surface area contributed by atoms with E-state index in [0.717, 1.165) is 47.1 Å². The molecule has 2 aliphatic heterocycles. The third-order valence-corrected chi connectivity index (χ3v) is 8.54. The van der Waals surface area contributed by atoms with Crippen LogP contribution in [-0.4, -0.2) is 59.3 Å². The van der Waals surface area contributed by atoms with E-state index in [9.17, 15) is 4.79 Å². The summed E-state index contributed by atoms with van der Waals surface area (Å²) in [6.45, 7) is 2.93. The van der Waals surface area contributed by atoms with Crippen LogP contribution in [0.25, 0.3) is 11.6 Å². The second-order valence-corrected chi connectivity index (χ2v) is 10.8. The maximum absolute atomic E-state index is 13.2. The first-order valence-electron chi connectivity index (χ1n) is 13.2. The molecule has 0 unspecified atom stereocenters. The molecule has 2 aromatic carbocycles. The van der Waals surface area contributed by atoms with Crippen LogP contribution in [0.15, 0.2) is 64.0 Å². The number of carbonyl (C=O) groups excluding carboxylic acids is 1. The van der Waals surface area contributed by atoms with Crippen LogP contribution in [0.4, 0.5) is 16.7 Å². The van der Waals surface area contributed by atoms with Crippen molar-refractivity contribution in [3.8, 4) is 11.6 Å². The van der Waals surface area contributed by atoms with E-state index in [0.29, 0.717) is 42.1 Å². The molecule has 3 aliphatic rings. The van der Waals surface area contributed by atoms with Gasteiger partial charge < -0.3 is 24.7 Å². The van der Waals surface area contributed by atoms with Crippen LogP contribution in [0.3, 0.4) is 0 Å². The molecule has 1 amide bonds. The molecule has 2 aromatic heterocycles. The summed E-state index contributed by atoms with van der Waals surface area (Å²) < 4.78 is 11.6. The molecule has 2 N–H and O–H groups in total. The fourth-order valence-electron chi connectivity index (χ4n) is 4.95. The van der Waals surface area contributed by atoms with Crippen molar-refractivity contribution in [3.05, 3.63) is 70.7 Å². The molecule has 4 aromatic rings. The highest BCUT2D eigenvalue weighted by Gasteiger charge is 2.31. The zero-order chi connectivity index (χ0) is 26.2. The van der Waals surface area contributed by atoms with Gasteiger partial charge in [0.1, 0.15) is 5.00 Å². The quantitative estimate of drug-likeness (QED) is 0.366. The smallest absolute Gasteiger partial charge is 0.317 e. The minimum absolute atomic E-state index is 0.110. The highest BCUT2D eigenvalue weighted by Crippen LogP contribution is 2.44. The van der Waals surface area contributed by atoms with Crippen LogP contribution >= 0.6 is 11.3 Å². The highest BCUT2D eigenvalue weighted by atomic mass is 32.1. The lowest BCUT2D eigenvalue weighted by molar-refractivity contribution is -0.116. The molecule has 11 heteroatoms. The Kier molecular flexibility index (Phi) is 6.29. The Morgan fingerprint density at radius 3 is 2.59 bits per heavy atom. The largest absolute Gasteiger partial charge is 0.402 e. The Hall–Kier alpha value is -4.09. The second kappa shape index (κ2) is 10.2. The first-order valence-corrected chi connectivity index (χ1v) is 14.0. The fourth-order valence-corrected chi connectivity index (χ4v) is 6.23. The van der Waals surface area contributed by atoms with Crippen LogP contribution in [0.1, 0.15) is 41.3 Å². The Balaban J connectivity index is 1.20. The normalized spacial score (nSPS) is 19.5. The number of carbonyl (C=O) groups is 1. The van der Waals surface area contributed by atoms with Gasteiger partial charge in [0.15, 0.2) is 5.69 Å². The average Bonchev–Trinajstić information content (AvgIpc) is 3.56. The molecular weight excluding hydrogens is 514 g/mol. The van der Waals surface area contributed by atoms with Gasteiger partial charge in [0.25, 0.3) is 11.8 Å². The van der Waals surface area contributed by atoms with Crippen molar-refractivity contribution in [2.75, 3.05) is 41.8 Å². The lowest BCUT2D eigenvalue weighted by Crippen LogP contribution is -2.36. The number of para-hydroxylation sites is 1. The maximum Gasteiger partial charge on any atom is 0.317 e. The van der Waals surface area contributed by atoms with Crippen LogP contribution in [0.5, 0.6) is 0 Å². The molecule has 1 saturated heterocycles. The van der Waals surface area contributed by atoms with Crippen molar-refractivity contribution >= 4 is 39.7 Å². The van der Waals surface area contributed by atoms with E-state index in [2.05, 4.69) is 25.7 Å². The molecule has 0 radical (unpaired) electrons. The monoisotopic (exact) mass is 541 g/mol. The predicted molar refractivity (Wildman–Crippen MR) is 150 cm³/mol. The molecular formula is C28H27N7O3S. The summed E-state index contributed by atoms with van der Waals surface area (Å²) in [7, 11) is 0. The highest BCUT2D eigenvalue weighted by molar-refractivity contribution is 7.16. The van der Waals surface area contributed by atoms with E-state index in [4.69, 9.17) is 19.1 Å². The number of nitrogens with zero attached hydrogens (tertiary/aromatic N) is 5. The molecule has 7 rings (SSSR count). The first-order chi connectivity index (χ1) is 19.2. The van der Waals surface area contributed by atoms with Gasteiger partial charge in [0.05, 0.1) is 29.6 Å². The maximum atomic E-state index is 13.2. The summed E-state index contributed by atoms with van der Waals surface area (Å²) in [6.07, 6.45) is 2.58. The van der Waals surface area contributed by atoms with Gasteiger partial charge >= 0.3 is 6.01 Å². The number of nitrogens with one attached hydrogen (secondary N) is 2. The Bertz CT molecular complexity index is 1520. The zero-order valence-electron chi connectivity index (χ0n) is 21.2. The van der Waals surface area contributed by atoms with Crippen molar-refractivity contribution in [2.45, 2.75) is 31.3 Å². The molecule has 0 spiro atoms. The third-order valence-electron chi connectivity index (χ3n) is 7.26. The summed E-state index contributed by atoms with van der Waals surface area (Å²) in [4.78, 5) is 25.3. The first kappa shape index (κ1) is 24.0. The minimum atomic E-state index is -0.972. The van der Waals surface area contributed by atoms with Gasteiger partial charge in [-0.25, -0.2) is 9.98 Å². The van der Waals surface area contributed by atoms with Crippen LogP contribution in [0, 0.1) is 0 Å². The van der Waals surface area contributed by atoms with Gasteiger partial charge in [-0.2, -0.15) is 0 Å². The fraction of sp³-hybridized carbons (Fsp3) is 0.321. The van der Waals surface area contributed by atoms with Crippen molar-refractivity contribution in [2.24, 2.45) is 4.99 Å². The number of benzodiazepines with no additional fused rings is 1. The number of rotatable bonds is 6. The van der Waals surface area contributed by atoms with E-state index in [1.54, 1.807) is 11.3 Å². The van der Waals surface area contributed by atoms with E-state index in [1.165, 1.54) is 6.42 Å². The molecule has 0 bridgehead atoms. The van der Waals surface area contributed by atoms with Crippen molar-refractivity contribution in [1.29, 1.82) is 0 Å². The van der Waals surface area contributed by atoms with Crippen LogP contribution in [-0.2, 0) is 9.53 Å². The van der Waals surface area contributed by atoms with E-state index < -0.39 is 6.17 Å².